The average molecular weight is 906 g/mol. The first-order valence-corrected chi connectivity index (χ1v) is 28.8. The summed E-state index contributed by atoms with van der Waals surface area (Å²) in [5.74, 6) is 0.863. The van der Waals surface area contributed by atoms with Crippen molar-refractivity contribution in [1.29, 1.82) is 0 Å². The van der Waals surface area contributed by atoms with Crippen LogP contribution in [0.4, 0.5) is 0 Å². The van der Waals surface area contributed by atoms with Crippen molar-refractivity contribution < 1.29 is 28.6 Å². The van der Waals surface area contributed by atoms with E-state index < -0.39 is 6.10 Å². The molecule has 0 aromatic heterocycles. The maximum Gasteiger partial charge on any atom is 0.306 e. The van der Waals surface area contributed by atoms with E-state index in [2.05, 4.69) is 34.6 Å². The maximum absolute atomic E-state index is 12.8. The van der Waals surface area contributed by atoms with Gasteiger partial charge in [-0.15, -0.1) is 0 Å². The molecule has 0 heterocycles. The minimum absolute atomic E-state index is 0.0630. The Bertz CT molecular complexity index is 980. The van der Waals surface area contributed by atoms with E-state index >= 15 is 0 Å². The number of carbonyl (C=O) groups is 3. The van der Waals surface area contributed by atoms with Crippen LogP contribution in [0, 0.1) is 11.8 Å². The van der Waals surface area contributed by atoms with E-state index in [1.807, 2.05) is 0 Å². The summed E-state index contributed by atoms with van der Waals surface area (Å²) >= 11 is 0. The number of rotatable bonds is 52. The summed E-state index contributed by atoms with van der Waals surface area (Å²) in [4.78, 5) is 38.1. The molecular weight excluding hydrogens is 793 g/mol. The number of unbranched alkanes of at least 4 members (excludes halogenated alkanes) is 36. The third kappa shape index (κ3) is 49.8. The van der Waals surface area contributed by atoms with Crippen LogP contribution in [0.3, 0.4) is 0 Å². The van der Waals surface area contributed by atoms with Crippen molar-refractivity contribution in [2.24, 2.45) is 11.8 Å². The summed E-state index contributed by atoms with van der Waals surface area (Å²) in [5, 5.41) is 0. The Morgan fingerprint density at radius 3 is 0.891 bits per heavy atom. The molecule has 0 spiro atoms. The zero-order chi connectivity index (χ0) is 46.8. The molecule has 0 amide bonds. The Balaban J connectivity index is 4.28. The van der Waals surface area contributed by atoms with E-state index in [0.29, 0.717) is 19.3 Å². The molecule has 0 aliphatic carbocycles. The first kappa shape index (κ1) is 62.4. The minimum atomic E-state index is -0.763. The summed E-state index contributed by atoms with van der Waals surface area (Å²) in [7, 11) is 0. The Morgan fingerprint density at radius 1 is 0.328 bits per heavy atom. The molecular formula is C58H112O6. The number of hydrogen-bond donors (Lipinski definition) is 0. The molecule has 0 fully saturated rings. The molecule has 2 atom stereocenters. The monoisotopic (exact) mass is 905 g/mol. The molecule has 0 aliphatic heterocycles. The third-order valence-corrected chi connectivity index (χ3v) is 13.6. The molecule has 0 aromatic carbocycles. The summed E-state index contributed by atoms with van der Waals surface area (Å²) < 4.78 is 16.9. The van der Waals surface area contributed by atoms with Crippen molar-refractivity contribution >= 4 is 17.9 Å². The van der Waals surface area contributed by atoms with Gasteiger partial charge in [-0.1, -0.05) is 285 Å². The number of esters is 3. The van der Waals surface area contributed by atoms with Crippen LogP contribution in [0.1, 0.15) is 324 Å². The van der Waals surface area contributed by atoms with Gasteiger partial charge in [0, 0.05) is 19.3 Å². The Morgan fingerprint density at radius 2 is 0.594 bits per heavy atom. The van der Waals surface area contributed by atoms with E-state index in [0.717, 1.165) is 69.6 Å². The highest BCUT2D eigenvalue weighted by molar-refractivity contribution is 5.71. The predicted molar refractivity (Wildman–Crippen MR) is 275 cm³/mol. The fourth-order valence-electron chi connectivity index (χ4n) is 8.84. The minimum Gasteiger partial charge on any atom is -0.462 e. The fourth-order valence-corrected chi connectivity index (χ4v) is 8.84. The van der Waals surface area contributed by atoms with Crippen molar-refractivity contribution in [2.75, 3.05) is 13.2 Å². The van der Waals surface area contributed by atoms with Gasteiger partial charge in [0.2, 0.25) is 0 Å². The lowest BCUT2D eigenvalue weighted by atomic mass is 9.99. The lowest BCUT2D eigenvalue weighted by Gasteiger charge is -2.18. The van der Waals surface area contributed by atoms with Crippen LogP contribution in [0.15, 0.2) is 0 Å². The lowest BCUT2D eigenvalue weighted by molar-refractivity contribution is -0.167. The van der Waals surface area contributed by atoms with Gasteiger partial charge in [-0.05, 0) is 31.1 Å². The Hall–Kier alpha value is -1.59. The molecule has 0 bridgehead atoms. The molecule has 0 radical (unpaired) electrons. The second kappa shape index (κ2) is 50.8. The lowest BCUT2D eigenvalue weighted by Crippen LogP contribution is -2.30. The number of ether oxygens (including phenoxy) is 3. The first-order chi connectivity index (χ1) is 31.3. The molecule has 0 aliphatic rings. The van der Waals surface area contributed by atoms with Gasteiger partial charge in [0.15, 0.2) is 6.10 Å². The molecule has 0 rings (SSSR count). The van der Waals surface area contributed by atoms with Crippen LogP contribution >= 0.6 is 0 Å². The average Bonchev–Trinajstić information content (AvgIpc) is 3.28. The highest BCUT2D eigenvalue weighted by atomic mass is 16.6. The molecule has 64 heavy (non-hydrogen) atoms. The molecule has 0 aromatic rings. The Kier molecular flexibility index (Phi) is 49.6. The molecule has 0 saturated carbocycles. The Labute approximate surface area is 399 Å². The summed E-state index contributed by atoms with van der Waals surface area (Å²) in [6.45, 7) is 11.4. The van der Waals surface area contributed by atoms with E-state index in [1.165, 1.54) is 212 Å². The highest BCUT2D eigenvalue weighted by Crippen LogP contribution is 2.18. The van der Waals surface area contributed by atoms with E-state index in [9.17, 15) is 14.4 Å². The highest BCUT2D eigenvalue weighted by Gasteiger charge is 2.19. The van der Waals surface area contributed by atoms with E-state index in [1.54, 1.807) is 0 Å². The summed E-state index contributed by atoms with van der Waals surface area (Å²) in [6.07, 6.45) is 53.7. The van der Waals surface area contributed by atoms with E-state index in [4.69, 9.17) is 14.2 Å². The van der Waals surface area contributed by atoms with Crippen molar-refractivity contribution in [2.45, 2.75) is 330 Å². The van der Waals surface area contributed by atoms with Gasteiger partial charge >= 0.3 is 17.9 Å². The molecule has 6 nitrogen and oxygen atoms in total. The maximum atomic E-state index is 12.8. The second-order valence-corrected chi connectivity index (χ2v) is 20.6. The van der Waals surface area contributed by atoms with Gasteiger partial charge in [0.25, 0.3) is 0 Å². The SMILES string of the molecule is CCCCCCCCCCCCCCCCCCC(=O)O[C@@H](COC(=O)CCCCCCCCCCCCCCCCC(C)CC)COC(=O)CCCCCCCCCCCC(C)C. The van der Waals surface area contributed by atoms with Crippen LogP contribution in [-0.2, 0) is 28.6 Å². The number of carbonyl (C=O) groups excluding carboxylic acids is 3. The predicted octanol–water partition coefficient (Wildman–Crippen LogP) is 18.9. The molecule has 380 valence electrons. The van der Waals surface area contributed by atoms with Gasteiger partial charge in [0.1, 0.15) is 13.2 Å². The third-order valence-electron chi connectivity index (χ3n) is 13.6. The largest absolute Gasteiger partial charge is 0.462 e. The first-order valence-electron chi connectivity index (χ1n) is 28.8. The number of hydrogen-bond acceptors (Lipinski definition) is 6. The smallest absolute Gasteiger partial charge is 0.306 e. The van der Waals surface area contributed by atoms with Crippen LogP contribution in [0.25, 0.3) is 0 Å². The van der Waals surface area contributed by atoms with E-state index in [-0.39, 0.29) is 31.1 Å². The zero-order valence-electron chi connectivity index (χ0n) is 43.9. The molecule has 6 heteroatoms. The van der Waals surface area contributed by atoms with Crippen molar-refractivity contribution in [3.63, 3.8) is 0 Å². The molecule has 1 unspecified atom stereocenters. The summed E-state index contributed by atoms with van der Waals surface area (Å²) in [6, 6.07) is 0. The van der Waals surface area contributed by atoms with Crippen LogP contribution in [0.5, 0.6) is 0 Å². The van der Waals surface area contributed by atoms with Crippen molar-refractivity contribution in [1.82, 2.24) is 0 Å². The molecule has 0 saturated heterocycles. The second-order valence-electron chi connectivity index (χ2n) is 20.6. The van der Waals surface area contributed by atoms with Crippen LogP contribution in [-0.4, -0.2) is 37.2 Å². The van der Waals surface area contributed by atoms with Crippen LogP contribution in [0.2, 0.25) is 0 Å². The standard InChI is InChI=1S/C58H112O6/c1-6-8-9-10-11-12-13-14-15-16-21-24-29-35-40-45-50-58(61)64-55(52-63-57(60)49-44-39-34-30-25-26-31-36-41-46-53(3)4)51-62-56(59)48-43-38-33-28-23-20-18-17-19-22-27-32-37-42-47-54(5)7-2/h53-55H,6-52H2,1-5H3/t54?,55-/m0/s1. The van der Waals surface area contributed by atoms with Gasteiger partial charge < -0.3 is 14.2 Å². The zero-order valence-corrected chi connectivity index (χ0v) is 43.9. The topological polar surface area (TPSA) is 78.9 Å². The van der Waals surface area contributed by atoms with Crippen molar-refractivity contribution in [3.05, 3.63) is 0 Å². The van der Waals surface area contributed by atoms with Crippen molar-refractivity contribution in [3.8, 4) is 0 Å². The summed E-state index contributed by atoms with van der Waals surface area (Å²) in [5.41, 5.74) is 0. The quantitative estimate of drug-likeness (QED) is 0.0344. The van der Waals surface area contributed by atoms with Crippen LogP contribution < -0.4 is 0 Å². The molecule has 0 N–H and O–H groups in total. The normalized spacial score (nSPS) is 12.5. The van der Waals surface area contributed by atoms with Gasteiger partial charge in [0.05, 0.1) is 0 Å². The fraction of sp³-hybridized carbons (Fsp3) is 0.948. The van der Waals surface area contributed by atoms with Gasteiger partial charge in [-0.3, -0.25) is 14.4 Å². The van der Waals surface area contributed by atoms with Gasteiger partial charge in [-0.25, -0.2) is 0 Å². The van der Waals surface area contributed by atoms with Gasteiger partial charge in [-0.2, -0.15) is 0 Å².